The SMILES string of the molecule is CC[C@@H]1Cc2cc(N3C[C@H](CNC(C)=O)OC3=O)ccc2C1=O. The molecule has 1 N–H and O–H groups in total. The van der Waals surface area contributed by atoms with Crippen LogP contribution in [0.2, 0.25) is 0 Å². The minimum Gasteiger partial charge on any atom is -0.442 e. The van der Waals surface area contributed by atoms with Gasteiger partial charge in [-0.1, -0.05) is 6.92 Å². The highest BCUT2D eigenvalue weighted by atomic mass is 16.6. The Kier molecular flexibility index (Phi) is 4.07. The summed E-state index contributed by atoms with van der Waals surface area (Å²) in [5.74, 6) is 0.0982. The Morgan fingerprint density at radius 1 is 1.39 bits per heavy atom. The number of nitrogens with one attached hydrogen (secondary N) is 1. The lowest BCUT2D eigenvalue weighted by Gasteiger charge is -2.14. The lowest BCUT2D eigenvalue weighted by molar-refractivity contribution is -0.119. The van der Waals surface area contributed by atoms with Gasteiger partial charge in [-0.3, -0.25) is 14.5 Å². The van der Waals surface area contributed by atoms with Crippen LogP contribution in [0.1, 0.15) is 36.2 Å². The van der Waals surface area contributed by atoms with Gasteiger partial charge in [0.2, 0.25) is 5.91 Å². The summed E-state index contributed by atoms with van der Waals surface area (Å²) in [7, 11) is 0. The molecule has 1 saturated heterocycles. The Morgan fingerprint density at radius 3 is 2.87 bits per heavy atom. The number of nitrogens with zero attached hydrogens (tertiary/aromatic N) is 1. The highest BCUT2D eigenvalue weighted by Gasteiger charge is 2.34. The third-order valence-electron chi connectivity index (χ3n) is 4.45. The van der Waals surface area contributed by atoms with Gasteiger partial charge in [0, 0.05) is 24.1 Å². The van der Waals surface area contributed by atoms with Gasteiger partial charge in [-0.05, 0) is 36.6 Å². The summed E-state index contributed by atoms with van der Waals surface area (Å²) >= 11 is 0. The molecule has 2 atom stereocenters. The number of cyclic esters (lactones) is 1. The van der Waals surface area contributed by atoms with Crippen molar-refractivity contribution in [3.8, 4) is 0 Å². The molecule has 1 aromatic carbocycles. The Morgan fingerprint density at radius 2 is 2.17 bits per heavy atom. The van der Waals surface area contributed by atoms with Crippen LogP contribution in [0.4, 0.5) is 10.5 Å². The predicted octanol–water partition coefficient (Wildman–Crippen LogP) is 1.91. The van der Waals surface area contributed by atoms with Crippen LogP contribution in [0.15, 0.2) is 18.2 Å². The van der Waals surface area contributed by atoms with Crippen LogP contribution in [0.5, 0.6) is 0 Å². The predicted molar refractivity (Wildman–Crippen MR) is 84.6 cm³/mol. The molecular formula is C17H20N2O4. The number of carbonyl (C=O) groups is 3. The average molecular weight is 316 g/mol. The fourth-order valence-corrected chi connectivity index (χ4v) is 3.16. The maximum absolute atomic E-state index is 12.2. The first-order chi connectivity index (χ1) is 11.0. The number of Topliss-reactive ketones (excluding diaryl/α,β-unsaturated/α-hetero) is 1. The standard InChI is InChI=1S/C17H20N2O4/c1-3-11-6-12-7-13(4-5-15(12)16(11)21)19-9-14(23-17(19)22)8-18-10(2)20/h4-5,7,11,14H,3,6,8-9H2,1-2H3,(H,18,20)/t11-,14+/m1/s1. The van der Waals surface area contributed by atoms with Gasteiger partial charge in [0.25, 0.3) is 0 Å². The number of hydrogen-bond acceptors (Lipinski definition) is 4. The van der Waals surface area contributed by atoms with Crippen molar-refractivity contribution in [2.75, 3.05) is 18.0 Å². The second kappa shape index (κ2) is 6.02. The number of rotatable bonds is 4. The molecule has 0 radical (unpaired) electrons. The van der Waals surface area contributed by atoms with E-state index in [1.165, 1.54) is 6.92 Å². The number of anilines is 1. The number of fused-ring (bicyclic) bond motifs is 1. The summed E-state index contributed by atoms with van der Waals surface area (Å²) in [4.78, 5) is 36.7. The van der Waals surface area contributed by atoms with Crippen LogP contribution in [-0.2, 0) is 16.0 Å². The average Bonchev–Trinajstić information content (AvgIpc) is 3.05. The topological polar surface area (TPSA) is 75.7 Å². The summed E-state index contributed by atoms with van der Waals surface area (Å²) in [5, 5.41) is 2.65. The molecule has 6 heteroatoms. The third-order valence-corrected chi connectivity index (χ3v) is 4.45. The van der Waals surface area contributed by atoms with Gasteiger partial charge in [-0.25, -0.2) is 4.79 Å². The van der Waals surface area contributed by atoms with Gasteiger partial charge in [0.15, 0.2) is 5.78 Å². The van der Waals surface area contributed by atoms with E-state index in [2.05, 4.69) is 5.32 Å². The molecule has 1 fully saturated rings. The van der Waals surface area contributed by atoms with E-state index in [9.17, 15) is 14.4 Å². The zero-order chi connectivity index (χ0) is 16.6. The molecule has 1 aromatic rings. The second-order valence-corrected chi connectivity index (χ2v) is 6.07. The van der Waals surface area contributed by atoms with Crippen LogP contribution < -0.4 is 10.2 Å². The molecular weight excluding hydrogens is 296 g/mol. The molecule has 0 saturated carbocycles. The van der Waals surface area contributed by atoms with E-state index < -0.39 is 6.09 Å². The highest BCUT2D eigenvalue weighted by Crippen LogP contribution is 2.32. The van der Waals surface area contributed by atoms with Crippen molar-refractivity contribution in [2.45, 2.75) is 32.8 Å². The monoisotopic (exact) mass is 316 g/mol. The lowest BCUT2D eigenvalue weighted by Crippen LogP contribution is -2.33. The van der Waals surface area contributed by atoms with Crippen LogP contribution >= 0.6 is 0 Å². The van der Waals surface area contributed by atoms with E-state index in [1.807, 2.05) is 13.0 Å². The summed E-state index contributed by atoms with van der Waals surface area (Å²) in [6.07, 6.45) is 0.783. The lowest BCUT2D eigenvalue weighted by atomic mass is 10.0. The van der Waals surface area contributed by atoms with Gasteiger partial charge in [-0.2, -0.15) is 0 Å². The normalized spacial score (nSPS) is 23.0. The molecule has 1 aliphatic carbocycles. The number of ketones is 1. The first kappa shape index (κ1) is 15.5. The van der Waals surface area contributed by atoms with Crippen molar-refractivity contribution in [3.05, 3.63) is 29.3 Å². The number of ether oxygens (including phenoxy) is 1. The number of hydrogen-bond donors (Lipinski definition) is 1. The molecule has 122 valence electrons. The van der Waals surface area contributed by atoms with Crippen LogP contribution in [-0.4, -0.2) is 37.0 Å². The molecule has 23 heavy (non-hydrogen) atoms. The Bertz CT molecular complexity index is 671. The molecule has 0 aromatic heterocycles. The van der Waals surface area contributed by atoms with E-state index in [0.29, 0.717) is 13.1 Å². The summed E-state index contributed by atoms with van der Waals surface area (Å²) in [6.45, 7) is 4.14. The van der Waals surface area contributed by atoms with E-state index in [4.69, 9.17) is 4.74 Å². The van der Waals surface area contributed by atoms with Gasteiger partial charge in [0.05, 0.1) is 13.1 Å². The minimum absolute atomic E-state index is 0.0540. The van der Waals surface area contributed by atoms with E-state index in [-0.39, 0.29) is 23.7 Å². The summed E-state index contributed by atoms with van der Waals surface area (Å²) in [5.41, 5.74) is 2.50. The van der Waals surface area contributed by atoms with Crippen LogP contribution in [0.25, 0.3) is 0 Å². The van der Waals surface area contributed by atoms with Crippen molar-refractivity contribution < 1.29 is 19.1 Å². The smallest absolute Gasteiger partial charge is 0.414 e. The molecule has 0 bridgehead atoms. The zero-order valence-corrected chi connectivity index (χ0v) is 13.3. The Hall–Kier alpha value is -2.37. The zero-order valence-electron chi connectivity index (χ0n) is 13.3. The van der Waals surface area contributed by atoms with Gasteiger partial charge >= 0.3 is 6.09 Å². The molecule has 1 heterocycles. The Labute approximate surface area is 134 Å². The van der Waals surface area contributed by atoms with Crippen molar-refractivity contribution in [1.29, 1.82) is 0 Å². The highest BCUT2D eigenvalue weighted by molar-refractivity contribution is 6.03. The molecule has 2 aliphatic rings. The molecule has 0 unspecified atom stereocenters. The van der Waals surface area contributed by atoms with E-state index in [0.717, 1.165) is 29.7 Å². The van der Waals surface area contributed by atoms with Gasteiger partial charge < -0.3 is 10.1 Å². The minimum atomic E-state index is -0.420. The van der Waals surface area contributed by atoms with Crippen molar-refractivity contribution >= 4 is 23.5 Å². The molecule has 0 spiro atoms. The van der Waals surface area contributed by atoms with Crippen LogP contribution in [0, 0.1) is 5.92 Å². The van der Waals surface area contributed by atoms with Gasteiger partial charge in [0.1, 0.15) is 6.10 Å². The first-order valence-electron chi connectivity index (χ1n) is 7.89. The first-order valence-corrected chi connectivity index (χ1v) is 7.89. The molecule has 1 aliphatic heterocycles. The van der Waals surface area contributed by atoms with E-state index in [1.54, 1.807) is 17.0 Å². The maximum Gasteiger partial charge on any atom is 0.414 e. The molecule has 3 rings (SSSR count). The summed E-state index contributed by atoms with van der Waals surface area (Å²) < 4.78 is 5.27. The molecule has 2 amide bonds. The third kappa shape index (κ3) is 2.93. The largest absolute Gasteiger partial charge is 0.442 e. The van der Waals surface area contributed by atoms with Crippen molar-refractivity contribution in [2.24, 2.45) is 5.92 Å². The van der Waals surface area contributed by atoms with Crippen molar-refractivity contribution in [3.63, 3.8) is 0 Å². The number of carbonyl (C=O) groups excluding carboxylic acids is 3. The van der Waals surface area contributed by atoms with Crippen molar-refractivity contribution in [1.82, 2.24) is 5.32 Å². The second-order valence-electron chi connectivity index (χ2n) is 6.07. The number of amides is 2. The summed E-state index contributed by atoms with van der Waals surface area (Å²) in [6, 6.07) is 5.50. The molecule has 6 nitrogen and oxygen atoms in total. The quantitative estimate of drug-likeness (QED) is 0.920. The fourth-order valence-electron chi connectivity index (χ4n) is 3.16. The fraction of sp³-hybridized carbons (Fsp3) is 0.471. The van der Waals surface area contributed by atoms with E-state index >= 15 is 0 Å². The maximum atomic E-state index is 12.2. The Balaban J connectivity index is 1.75. The van der Waals surface area contributed by atoms with Gasteiger partial charge in [-0.15, -0.1) is 0 Å². The van der Waals surface area contributed by atoms with Crippen LogP contribution in [0.3, 0.4) is 0 Å². The number of benzene rings is 1.